The summed E-state index contributed by atoms with van der Waals surface area (Å²) in [5.74, 6) is 1.18. The van der Waals surface area contributed by atoms with Crippen molar-refractivity contribution in [3.05, 3.63) is 21.8 Å². The summed E-state index contributed by atoms with van der Waals surface area (Å²) >= 11 is 7.63. The summed E-state index contributed by atoms with van der Waals surface area (Å²) in [6.07, 6.45) is 1.60. The van der Waals surface area contributed by atoms with Crippen molar-refractivity contribution in [2.75, 3.05) is 6.54 Å². The van der Waals surface area contributed by atoms with Crippen molar-refractivity contribution in [3.8, 4) is 10.8 Å². The number of thiophene rings is 1. The van der Waals surface area contributed by atoms with Crippen LogP contribution >= 0.6 is 22.9 Å². The van der Waals surface area contributed by atoms with E-state index in [0.717, 1.165) is 23.3 Å². The predicted octanol–water partition coefficient (Wildman–Crippen LogP) is 2.65. The molecule has 2 heterocycles. The van der Waals surface area contributed by atoms with Crippen LogP contribution in [0.4, 0.5) is 0 Å². The lowest BCUT2D eigenvalue weighted by atomic mass is 10.3. The van der Waals surface area contributed by atoms with Gasteiger partial charge in [-0.3, -0.25) is 0 Å². The van der Waals surface area contributed by atoms with Crippen molar-refractivity contribution in [1.82, 2.24) is 10.1 Å². The number of nitrogens with zero attached hydrogens (tertiary/aromatic N) is 2. The first-order valence-electron chi connectivity index (χ1n) is 4.99. The number of nitrogens with two attached hydrogens (primary N) is 1. The van der Waals surface area contributed by atoms with Crippen LogP contribution in [0.5, 0.6) is 0 Å². The van der Waals surface area contributed by atoms with Gasteiger partial charge in [-0.15, -0.1) is 11.3 Å². The molecule has 0 saturated heterocycles. The average Bonchev–Trinajstić information content (AvgIpc) is 2.85. The second-order valence-electron chi connectivity index (χ2n) is 3.47. The second-order valence-corrected chi connectivity index (χ2v) is 4.73. The van der Waals surface area contributed by atoms with Crippen molar-refractivity contribution in [1.29, 1.82) is 0 Å². The molecule has 2 N–H and O–H groups in total. The maximum atomic E-state index is 6.12. The van der Waals surface area contributed by atoms with E-state index in [4.69, 9.17) is 21.9 Å². The molecule has 0 radical (unpaired) electrons. The highest BCUT2D eigenvalue weighted by Gasteiger charge is 2.15. The molecule has 0 amide bonds. The van der Waals surface area contributed by atoms with Crippen LogP contribution in [-0.2, 0) is 6.42 Å². The van der Waals surface area contributed by atoms with Crippen LogP contribution in [0, 0.1) is 6.92 Å². The largest absolute Gasteiger partial charge is 0.333 e. The topological polar surface area (TPSA) is 64.9 Å². The highest BCUT2D eigenvalue weighted by Crippen LogP contribution is 2.35. The molecule has 0 aromatic carbocycles. The van der Waals surface area contributed by atoms with E-state index in [2.05, 4.69) is 10.1 Å². The normalized spacial score (nSPS) is 10.9. The van der Waals surface area contributed by atoms with E-state index in [-0.39, 0.29) is 0 Å². The maximum Gasteiger partial charge on any atom is 0.269 e. The number of rotatable bonds is 4. The molecule has 6 heteroatoms. The smallest absolute Gasteiger partial charge is 0.269 e. The second kappa shape index (κ2) is 4.95. The number of aryl methyl sites for hydroxylation is 2. The Morgan fingerprint density at radius 1 is 1.56 bits per heavy atom. The van der Waals surface area contributed by atoms with Crippen LogP contribution in [-0.4, -0.2) is 16.7 Å². The van der Waals surface area contributed by atoms with Gasteiger partial charge in [-0.2, -0.15) is 4.98 Å². The number of hydrogen-bond acceptors (Lipinski definition) is 5. The molecule has 2 aromatic heterocycles. The van der Waals surface area contributed by atoms with Crippen molar-refractivity contribution < 1.29 is 4.52 Å². The van der Waals surface area contributed by atoms with Gasteiger partial charge >= 0.3 is 0 Å². The minimum Gasteiger partial charge on any atom is -0.333 e. The first-order chi connectivity index (χ1) is 7.72. The molecule has 2 rings (SSSR count). The zero-order valence-corrected chi connectivity index (χ0v) is 10.4. The van der Waals surface area contributed by atoms with E-state index in [1.165, 1.54) is 11.3 Å². The first kappa shape index (κ1) is 11.6. The molecule has 0 unspecified atom stereocenters. The lowest BCUT2D eigenvalue weighted by Crippen LogP contribution is -2.01. The van der Waals surface area contributed by atoms with Crippen molar-refractivity contribution >= 4 is 22.9 Å². The van der Waals surface area contributed by atoms with E-state index in [1.807, 2.05) is 12.3 Å². The molecule has 0 saturated carbocycles. The van der Waals surface area contributed by atoms with Crippen molar-refractivity contribution in [2.45, 2.75) is 19.8 Å². The molecule has 0 atom stereocenters. The highest BCUT2D eigenvalue weighted by molar-refractivity contribution is 7.14. The summed E-state index contributed by atoms with van der Waals surface area (Å²) in [5, 5.41) is 6.55. The van der Waals surface area contributed by atoms with Gasteiger partial charge in [0.2, 0.25) is 0 Å². The van der Waals surface area contributed by atoms with Crippen LogP contribution in [0.1, 0.15) is 17.8 Å². The third-order valence-electron chi connectivity index (χ3n) is 2.17. The Kier molecular flexibility index (Phi) is 3.58. The van der Waals surface area contributed by atoms with Gasteiger partial charge in [0.1, 0.15) is 4.88 Å². The summed E-state index contributed by atoms with van der Waals surface area (Å²) in [7, 11) is 0. The Hall–Kier alpha value is -0.910. The molecule has 0 spiro atoms. The SMILES string of the molecule is Cc1csc(-c2nc(CCCN)no2)c1Cl. The van der Waals surface area contributed by atoms with Gasteiger partial charge < -0.3 is 10.3 Å². The van der Waals surface area contributed by atoms with E-state index >= 15 is 0 Å². The third-order valence-corrected chi connectivity index (χ3v) is 3.85. The zero-order chi connectivity index (χ0) is 11.5. The predicted molar refractivity (Wildman–Crippen MR) is 64.7 cm³/mol. The van der Waals surface area contributed by atoms with E-state index in [9.17, 15) is 0 Å². The van der Waals surface area contributed by atoms with Crippen LogP contribution < -0.4 is 5.73 Å². The van der Waals surface area contributed by atoms with E-state index in [0.29, 0.717) is 23.3 Å². The molecule has 4 nitrogen and oxygen atoms in total. The number of hydrogen-bond donors (Lipinski definition) is 1. The summed E-state index contributed by atoms with van der Waals surface area (Å²) in [5.41, 5.74) is 6.45. The molecular formula is C10H12ClN3OS. The quantitative estimate of drug-likeness (QED) is 0.915. The lowest BCUT2D eigenvalue weighted by Gasteiger charge is -1.90. The monoisotopic (exact) mass is 257 g/mol. The molecule has 0 fully saturated rings. The van der Waals surface area contributed by atoms with Crippen molar-refractivity contribution in [2.24, 2.45) is 5.73 Å². The van der Waals surface area contributed by atoms with Crippen LogP contribution in [0.2, 0.25) is 5.02 Å². The fraction of sp³-hybridized carbons (Fsp3) is 0.400. The Balaban J connectivity index is 2.21. The third kappa shape index (κ3) is 2.26. The van der Waals surface area contributed by atoms with Gasteiger partial charge in [0.15, 0.2) is 5.82 Å². The van der Waals surface area contributed by atoms with Crippen LogP contribution in [0.25, 0.3) is 10.8 Å². The molecule has 0 aliphatic rings. The molecule has 16 heavy (non-hydrogen) atoms. The summed E-state index contributed by atoms with van der Waals surface area (Å²) in [6.45, 7) is 2.58. The van der Waals surface area contributed by atoms with Gasteiger partial charge in [-0.05, 0) is 30.8 Å². The summed E-state index contributed by atoms with van der Waals surface area (Å²) in [4.78, 5) is 5.12. The van der Waals surface area contributed by atoms with E-state index in [1.54, 1.807) is 0 Å². The van der Waals surface area contributed by atoms with Gasteiger partial charge in [-0.1, -0.05) is 16.8 Å². The van der Waals surface area contributed by atoms with Crippen LogP contribution in [0.3, 0.4) is 0 Å². The molecule has 0 bridgehead atoms. The highest BCUT2D eigenvalue weighted by atomic mass is 35.5. The van der Waals surface area contributed by atoms with Gasteiger partial charge in [0.25, 0.3) is 5.89 Å². The van der Waals surface area contributed by atoms with E-state index < -0.39 is 0 Å². The van der Waals surface area contributed by atoms with Crippen LogP contribution in [0.15, 0.2) is 9.90 Å². The molecule has 86 valence electrons. The maximum absolute atomic E-state index is 6.12. The molecular weight excluding hydrogens is 246 g/mol. The Labute approximate surface area is 102 Å². The zero-order valence-electron chi connectivity index (χ0n) is 8.86. The summed E-state index contributed by atoms with van der Waals surface area (Å²) < 4.78 is 5.17. The minimum absolute atomic E-state index is 0.495. The Morgan fingerprint density at radius 2 is 2.38 bits per heavy atom. The van der Waals surface area contributed by atoms with Gasteiger partial charge in [-0.25, -0.2) is 0 Å². The molecule has 2 aromatic rings. The molecule has 0 aliphatic carbocycles. The van der Waals surface area contributed by atoms with Gasteiger partial charge in [0, 0.05) is 6.42 Å². The van der Waals surface area contributed by atoms with Gasteiger partial charge in [0.05, 0.1) is 5.02 Å². The fourth-order valence-corrected chi connectivity index (χ4v) is 2.48. The average molecular weight is 258 g/mol. The first-order valence-corrected chi connectivity index (χ1v) is 6.24. The lowest BCUT2D eigenvalue weighted by molar-refractivity contribution is 0.422. The Morgan fingerprint density at radius 3 is 3.00 bits per heavy atom. The minimum atomic E-state index is 0.495. The standard InChI is InChI=1S/C10H12ClN3OS/c1-6-5-16-9(8(6)11)10-13-7(14-15-10)3-2-4-12/h5H,2-4,12H2,1H3. The number of aromatic nitrogens is 2. The fourth-order valence-electron chi connectivity index (χ4n) is 1.28. The Bertz CT molecular complexity index is 480. The van der Waals surface area contributed by atoms with Crippen molar-refractivity contribution in [3.63, 3.8) is 0 Å². The summed E-state index contributed by atoms with van der Waals surface area (Å²) in [6, 6.07) is 0. The molecule has 0 aliphatic heterocycles. The number of halogens is 1.